The Morgan fingerprint density at radius 3 is 2.67 bits per heavy atom. The standard InChI is InChI=1S/C16H19N3OS/c1-11-16(21-10-17-11)12(2)18-13-5-7-14(8-6-13)19-9-3-4-15(19)20/h5-8,10,12,18H,3-4,9H2,1-2H3. The van der Waals surface area contributed by atoms with E-state index >= 15 is 0 Å². The van der Waals surface area contributed by atoms with Crippen molar-refractivity contribution in [2.45, 2.75) is 32.7 Å². The Morgan fingerprint density at radius 1 is 1.33 bits per heavy atom. The number of carbonyl (C=O) groups is 1. The number of anilines is 2. The van der Waals surface area contributed by atoms with Gasteiger partial charge in [-0.05, 0) is 44.5 Å². The number of rotatable bonds is 4. The molecule has 1 unspecified atom stereocenters. The van der Waals surface area contributed by atoms with Gasteiger partial charge in [-0.2, -0.15) is 0 Å². The van der Waals surface area contributed by atoms with E-state index in [4.69, 9.17) is 0 Å². The number of nitrogens with zero attached hydrogens (tertiary/aromatic N) is 2. The third kappa shape index (κ3) is 2.93. The van der Waals surface area contributed by atoms with Crippen molar-refractivity contribution < 1.29 is 4.79 Å². The van der Waals surface area contributed by atoms with Crippen LogP contribution < -0.4 is 10.2 Å². The molecule has 1 fully saturated rings. The summed E-state index contributed by atoms with van der Waals surface area (Å²) >= 11 is 1.67. The number of hydrogen-bond donors (Lipinski definition) is 1. The van der Waals surface area contributed by atoms with Crippen LogP contribution in [0.3, 0.4) is 0 Å². The minimum Gasteiger partial charge on any atom is -0.378 e. The van der Waals surface area contributed by atoms with Crippen LogP contribution in [0, 0.1) is 6.92 Å². The van der Waals surface area contributed by atoms with E-state index in [1.54, 1.807) is 11.3 Å². The first-order valence-corrected chi connectivity index (χ1v) is 8.10. The lowest BCUT2D eigenvalue weighted by Crippen LogP contribution is -2.23. The maximum absolute atomic E-state index is 11.7. The Morgan fingerprint density at radius 2 is 2.10 bits per heavy atom. The Hall–Kier alpha value is -1.88. The quantitative estimate of drug-likeness (QED) is 0.935. The third-order valence-electron chi connectivity index (χ3n) is 3.81. The van der Waals surface area contributed by atoms with Crippen LogP contribution in [0.15, 0.2) is 29.8 Å². The first kappa shape index (κ1) is 14.1. The SMILES string of the molecule is Cc1ncsc1C(C)Nc1ccc(N2CCCC2=O)cc1. The van der Waals surface area contributed by atoms with Gasteiger partial charge in [0, 0.05) is 29.2 Å². The molecule has 1 N–H and O–H groups in total. The molecule has 5 heteroatoms. The van der Waals surface area contributed by atoms with E-state index in [2.05, 4.69) is 17.2 Å². The number of amides is 1. The number of benzene rings is 1. The molecule has 1 amide bonds. The molecule has 1 saturated heterocycles. The lowest BCUT2D eigenvalue weighted by atomic mass is 10.2. The van der Waals surface area contributed by atoms with E-state index in [9.17, 15) is 4.79 Å². The molecule has 0 bridgehead atoms. The minimum atomic E-state index is 0.226. The van der Waals surface area contributed by atoms with Crippen molar-refractivity contribution in [1.82, 2.24) is 4.98 Å². The predicted molar refractivity (Wildman–Crippen MR) is 86.9 cm³/mol. The van der Waals surface area contributed by atoms with Crippen LogP contribution in [0.25, 0.3) is 0 Å². The van der Waals surface area contributed by atoms with Gasteiger partial charge in [-0.25, -0.2) is 4.98 Å². The summed E-state index contributed by atoms with van der Waals surface area (Å²) in [7, 11) is 0. The molecule has 0 radical (unpaired) electrons. The van der Waals surface area contributed by atoms with E-state index in [1.807, 2.05) is 41.6 Å². The number of hydrogen-bond acceptors (Lipinski definition) is 4. The van der Waals surface area contributed by atoms with E-state index in [1.165, 1.54) is 4.88 Å². The summed E-state index contributed by atoms with van der Waals surface area (Å²) in [4.78, 5) is 19.1. The van der Waals surface area contributed by atoms with Crippen LogP contribution >= 0.6 is 11.3 Å². The highest BCUT2D eigenvalue weighted by atomic mass is 32.1. The number of thiazole rings is 1. The molecule has 0 saturated carbocycles. The lowest BCUT2D eigenvalue weighted by Gasteiger charge is -2.18. The molecule has 3 rings (SSSR count). The van der Waals surface area contributed by atoms with Crippen LogP contribution in [0.4, 0.5) is 11.4 Å². The van der Waals surface area contributed by atoms with E-state index < -0.39 is 0 Å². The first-order valence-electron chi connectivity index (χ1n) is 7.22. The first-order chi connectivity index (χ1) is 10.1. The van der Waals surface area contributed by atoms with Gasteiger partial charge in [0.2, 0.25) is 5.91 Å². The second kappa shape index (κ2) is 5.85. The van der Waals surface area contributed by atoms with Gasteiger partial charge in [0.25, 0.3) is 0 Å². The molecule has 0 spiro atoms. The molecule has 4 nitrogen and oxygen atoms in total. The topological polar surface area (TPSA) is 45.2 Å². The lowest BCUT2D eigenvalue weighted by molar-refractivity contribution is -0.117. The third-order valence-corrected chi connectivity index (χ3v) is 4.93. The fraction of sp³-hybridized carbons (Fsp3) is 0.375. The molecule has 2 aromatic rings. The van der Waals surface area contributed by atoms with Crippen molar-refractivity contribution in [3.8, 4) is 0 Å². The van der Waals surface area contributed by atoms with Gasteiger partial charge in [-0.1, -0.05) is 0 Å². The second-order valence-electron chi connectivity index (χ2n) is 5.36. The van der Waals surface area contributed by atoms with Crippen LogP contribution in [-0.2, 0) is 4.79 Å². The van der Waals surface area contributed by atoms with Crippen LogP contribution in [0.2, 0.25) is 0 Å². The highest BCUT2D eigenvalue weighted by molar-refractivity contribution is 7.09. The van der Waals surface area contributed by atoms with Crippen LogP contribution in [0.5, 0.6) is 0 Å². The minimum absolute atomic E-state index is 0.226. The zero-order valence-corrected chi connectivity index (χ0v) is 13.1. The summed E-state index contributed by atoms with van der Waals surface area (Å²) < 4.78 is 0. The monoisotopic (exact) mass is 301 g/mol. The highest BCUT2D eigenvalue weighted by Crippen LogP contribution is 2.27. The average Bonchev–Trinajstić information content (AvgIpc) is 3.08. The summed E-state index contributed by atoms with van der Waals surface area (Å²) in [5.41, 5.74) is 5.01. The molecule has 2 heterocycles. The van der Waals surface area contributed by atoms with E-state index in [0.717, 1.165) is 30.0 Å². The summed E-state index contributed by atoms with van der Waals surface area (Å²) in [5, 5.41) is 3.48. The summed E-state index contributed by atoms with van der Waals surface area (Å²) in [6.45, 7) is 5.01. The molecule has 1 aliphatic rings. The van der Waals surface area contributed by atoms with E-state index in [-0.39, 0.29) is 11.9 Å². The molecule has 21 heavy (non-hydrogen) atoms. The van der Waals surface area contributed by atoms with Crippen molar-refractivity contribution in [1.29, 1.82) is 0 Å². The fourth-order valence-electron chi connectivity index (χ4n) is 2.70. The molecule has 0 aliphatic carbocycles. The summed E-state index contributed by atoms with van der Waals surface area (Å²) in [6.07, 6.45) is 1.63. The molecule has 1 atom stereocenters. The van der Waals surface area contributed by atoms with Gasteiger partial charge in [0.05, 0.1) is 17.2 Å². The summed E-state index contributed by atoms with van der Waals surface area (Å²) in [6, 6.07) is 8.33. The van der Waals surface area contributed by atoms with Gasteiger partial charge in [-0.15, -0.1) is 11.3 Å². The van der Waals surface area contributed by atoms with Crippen molar-refractivity contribution in [3.63, 3.8) is 0 Å². The Labute approximate surface area is 128 Å². The van der Waals surface area contributed by atoms with Gasteiger partial charge < -0.3 is 10.2 Å². The smallest absolute Gasteiger partial charge is 0.227 e. The van der Waals surface area contributed by atoms with Gasteiger partial charge in [-0.3, -0.25) is 4.79 Å². The Balaban J connectivity index is 1.70. The van der Waals surface area contributed by atoms with Crippen LogP contribution in [-0.4, -0.2) is 17.4 Å². The van der Waals surface area contributed by atoms with E-state index in [0.29, 0.717) is 6.42 Å². The fourth-order valence-corrected chi connectivity index (χ4v) is 3.51. The Bertz CT molecular complexity index is 635. The molecular weight excluding hydrogens is 282 g/mol. The van der Waals surface area contributed by atoms with Gasteiger partial charge in [0.1, 0.15) is 0 Å². The molecular formula is C16H19N3OS. The molecule has 110 valence electrons. The zero-order valence-electron chi connectivity index (χ0n) is 12.3. The molecule has 1 aromatic heterocycles. The van der Waals surface area contributed by atoms with Crippen molar-refractivity contribution in [3.05, 3.63) is 40.3 Å². The summed E-state index contributed by atoms with van der Waals surface area (Å²) in [5.74, 6) is 0.226. The largest absolute Gasteiger partial charge is 0.378 e. The maximum atomic E-state index is 11.7. The second-order valence-corrected chi connectivity index (χ2v) is 6.25. The zero-order chi connectivity index (χ0) is 14.8. The normalized spacial score (nSPS) is 16.3. The van der Waals surface area contributed by atoms with Gasteiger partial charge >= 0.3 is 0 Å². The van der Waals surface area contributed by atoms with Crippen molar-refractivity contribution in [2.75, 3.05) is 16.8 Å². The van der Waals surface area contributed by atoms with Gasteiger partial charge in [0.15, 0.2) is 0 Å². The number of nitrogens with one attached hydrogen (secondary N) is 1. The molecule has 1 aromatic carbocycles. The number of carbonyl (C=O) groups excluding carboxylic acids is 1. The van der Waals surface area contributed by atoms with Crippen molar-refractivity contribution in [2.24, 2.45) is 0 Å². The number of aryl methyl sites for hydroxylation is 1. The van der Waals surface area contributed by atoms with Crippen molar-refractivity contribution >= 4 is 28.6 Å². The number of aromatic nitrogens is 1. The average molecular weight is 301 g/mol. The van der Waals surface area contributed by atoms with Crippen LogP contribution in [0.1, 0.15) is 36.4 Å². The predicted octanol–water partition coefficient (Wildman–Crippen LogP) is 3.75. The Kier molecular flexibility index (Phi) is 3.92. The maximum Gasteiger partial charge on any atom is 0.227 e. The molecule has 1 aliphatic heterocycles. The highest BCUT2D eigenvalue weighted by Gasteiger charge is 2.21.